The van der Waals surface area contributed by atoms with Crippen molar-refractivity contribution in [3.05, 3.63) is 0 Å². The third kappa shape index (κ3) is 24.4. The maximum Gasteiger partial charge on any atom is 0.199 e. The number of thiol groups is 1. The second-order valence-corrected chi connectivity index (χ2v) is 1.90. The summed E-state index contributed by atoms with van der Waals surface area (Å²) in [6.07, 6.45) is 0. The molecule has 0 saturated carbocycles. The van der Waals surface area contributed by atoms with Crippen molar-refractivity contribution in [2.24, 2.45) is 0 Å². The zero-order valence-electron chi connectivity index (χ0n) is 5.89. The summed E-state index contributed by atoms with van der Waals surface area (Å²) in [7, 11) is 0. The number of nitrogens with zero attached hydrogens (tertiary/aromatic N) is 2. The van der Waals surface area contributed by atoms with Crippen molar-refractivity contribution in [3.8, 4) is 0 Å². The van der Waals surface area contributed by atoms with Gasteiger partial charge in [-0.25, -0.2) is 0 Å². The van der Waals surface area contributed by atoms with Crippen LogP contribution in [-0.4, -0.2) is 23.0 Å². The van der Waals surface area contributed by atoms with E-state index in [9.17, 15) is 13.4 Å². The summed E-state index contributed by atoms with van der Waals surface area (Å²) in [5.41, 5.74) is -2.50. The average Bonchev–Trinajstić information content (AvgIpc) is 1.85. The first-order valence-electron chi connectivity index (χ1n) is 2.75. The third-order valence-electron chi connectivity index (χ3n) is 0.730. The Hall–Kier alpha value is 0.0600. The summed E-state index contributed by atoms with van der Waals surface area (Å²) in [5, 5.41) is 0. The normalized spacial score (nSPS) is 9.60. The van der Waals surface area contributed by atoms with Gasteiger partial charge in [-0.1, -0.05) is 40.1 Å². The molecule has 0 aliphatic carbocycles. The van der Waals surface area contributed by atoms with Gasteiger partial charge in [0, 0.05) is 13.1 Å². The van der Waals surface area contributed by atoms with Crippen LogP contribution >= 0.6 is 12.8 Å². The minimum atomic E-state index is -2.50. The molecule has 64 valence electrons. The maximum absolute atomic E-state index is 9.50. The van der Waals surface area contributed by atoms with Crippen molar-refractivity contribution in [3.63, 3.8) is 0 Å². The van der Waals surface area contributed by atoms with Gasteiger partial charge in [0.1, 0.15) is 0 Å². The van der Waals surface area contributed by atoms with Crippen molar-refractivity contribution >= 4 is 12.8 Å². The molecule has 0 bridgehead atoms. The van der Waals surface area contributed by atoms with Gasteiger partial charge in [-0.15, -0.1) is 0 Å². The van der Waals surface area contributed by atoms with Gasteiger partial charge in [-0.3, -0.25) is 4.31 Å². The molecule has 0 aromatic carbocycles. The molecule has 0 spiro atoms. The Labute approximate surface area is 64.0 Å². The molecule has 0 N–H and O–H groups in total. The molecular weight excluding hydrogens is 165 g/mol. The monoisotopic (exact) mass is 176 g/mol. The van der Waals surface area contributed by atoms with Gasteiger partial charge in [-0.05, 0) is 0 Å². The highest BCUT2D eigenvalue weighted by Gasteiger charge is 1.83. The Morgan fingerprint density at radius 1 is 1.10 bits per heavy atom. The standard InChI is InChI=1S/C4H11NS.F3N/c1-3-5(6)4-2;1-4(2)3/h6H,3-4H2,1-2H3;. The molecule has 10 heavy (non-hydrogen) atoms. The molecule has 0 unspecified atom stereocenters. The first-order valence-corrected chi connectivity index (χ1v) is 3.15. The Bertz CT molecular complexity index is 57.7. The Morgan fingerprint density at radius 2 is 1.30 bits per heavy atom. The van der Waals surface area contributed by atoms with E-state index in [-0.39, 0.29) is 0 Å². The van der Waals surface area contributed by atoms with Crippen molar-refractivity contribution < 1.29 is 13.4 Å². The van der Waals surface area contributed by atoms with Gasteiger partial charge in [0.05, 0.1) is 0 Å². The van der Waals surface area contributed by atoms with E-state index in [0.717, 1.165) is 13.1 Å². The molecule has 6 heteroatoms. The molecule has 2 nitrogen and oxygen atoms in total. The van der Waals surface area contributed by atoms with Gasteiger partial charge >= 0.3 is 0 Å². The van der Waals surface area contributed by atoms with Crippen molar-refractivity contribution in [1.29, 1.82) is 0 Å². The van der Waals surface area contributed by atoms with Crippen LogP contribution in [0.4, 0.5) is 13.4 Å². The van der Waals surface area contributed by atoms with Crippen LogP contribution in [0.3, 0.4) is 0 Å². The molecule has 0 aromatic rings. The minimum Gasteiger partial charge on any atom is -0.254 e. The summed E-state index contributed by atoms with van der Waals surface area (Å²) in [5.74, 6) is 0. The highest BCUT2D eigenvalue weighted by molar-refractivity contribution is 7.77. The van der Waals surface area contributed by atoms with E-state index in [1.54, 1.807) is 0 Å². The van der Waals surface area contributed by atoms with Crippen LogP contribution in [0.2, 0.25) is 0 Å². The highest BCUT2D eigenvalue weighted by Crippen LogP contribution is 1.86. The Morgan fingerprint density at radius 3 is 1.30 bits per heavy atom. The molecule has 0 fully saturated rings. The van der Waals surface area contributed by atoms with E-state index in [1.165, 1.54) is 0 Å². The fraction of sp³-hybridized carbons (Fsp3) is 1.00. The van der Waals surface area contributed by atoms with Crippen LogP contribution < -0.4 is 0 Å². The Kier molecular flexibility index (Phi) is 11.5. The number of halogens is 3. The van der Waals surface area contributed by atoms with Gasteiger partial charge in [0.2, 0.25) is 0 Å². The van der Waals surface area contributed by atoms with Crippen LogP contribution in [0.1, 0.15) is 13.8 Å². The Balaban J connectivity index is 0. The molecule has 0 saturated heterocycles. The molecule has 0 amide bonds. The second-order valence-electron chi connectivity index (χ2n) is 1.33. The largest absolute Gasteiger partial charge is 0.254 e. The van der Waals surface area contributed by atoms with Gasteiger partial charge < -0.3 is 0 Å². The predicted molar refractivity (Wildman–Crippen MR) is 37.1 cm³/mol. The summed E-state index contributed by atoms with van der Waals surface area (Å²) in [6.45, 7) is 6.21. The van der Waals surface area contributed by atoms with Crippen LogP contribution in [-0.2, 0) is 0 Å². The summed E-state index contributed by atoms with van der Waals surface area (Å²) in [6, 6.07) is 0. The zero-order chi connectivity index (χ0) is 8.57. The molecule has 0 rings (SSSR count). The summed E-state index contributed by atoms with van der Waals surface area (Å²) in [4.78, 5) is 0. The second kappa shape index (κ2) is 9.06. The minimum absolute atomic E-state index is 1.03. The molecule has 0 radical (unpaired) electrons. The average molecular weight is 176 g/mol. The van der Waals surface area contributed by atoms with Crippen LogP contribution in [0, 0.1) is 0 Å². The smallest absolute Gasteiger partial charge is 0.199 e. The fourth-order valence-electron chi connectivity index (χ4n) is 0.224. The van der Waals surface area contributed by atoms with E-state index >= 15 is 0 Å². The lowest BCUT2D eigenvalue weighted by Gasteiger charge is -2.05. The lowest BCUT2D eigenvalue weighted by Crippen LogP contribution is -2.08. The van der Waals surface area contributed by atoms with E-state index < -0.39 is 5.57 Å². The molecule has 0 aliphatic rings. The number of hydrogen-bond donors (Lipinski definition) is 1. The number of rotatable bonds is 2. The molecule has 0 aliphatic heterocycles. The summed E-state index contributed by atoms with van der Waals surface area (Å²) < 4.78 is 30.4. The van der Waals surface area contributed by atoms with Gasteiger partial charge in [0.25, 0.3) is 0 Å². The van der Waals surface area contributed by atoms with E-state index in [0.29, 0.717) is 0 Å². The lowest BCUT2D eigenvalue weighted by molar-refractivity contribution is -0.295. The maximum atomic E-state index is 9.50. The number of hydrogen-bond acceptors (Lipinski definition) is 3. The van der Waals surface area contributed by atoms with Crippen LogP contribution in [0.15, 0.2) is 0 Å². The van der Waals surface area contributed by atoms with Gasteiger partial charge in [0.15, 0.2) is 5.57 Å². The first-order chi connectivity index (χ1) is 4.54. The summed E-state index contributed by atoms with van der Waals surface area (Å²) >= 11 is 4.06. The topological polar surface area (TPSA) is 6.48 Å². The zero-order valence-corrected chi connectivity index (χ0v) is 6.78. The van der Waals surface area contributed by atoms with Crippen LogP contribution in [0.25, 0.3) is 0 Å². The van der Waals surface area contributed by atoms with E-state index in [2.05, 4.69) is 26.7 Å². The van der Waals surface area contributed by atoms with E-state index in [1.807, 2.05) is 4.31 Å². The van der Waals surface area contributed by atoms with Crippen LogP contribution in [0.5, 0.6) is 0 Å². The van der Waals surface area contributed by atoms with Crippen molar-refractivity contribution in [2.45, 2.75) is 13.8 Å². The molecular formula is C4H11F3N2S. The van der Waals surface area contributed by atoms with E-state index in [4.69, 9.17) is 0 Å². The molecule has 0 atom stereocenters. The fourth-order valence-corrected chi connectivity index (χ4v) is 0.224. The van der Waals surface area contributed by atoms with Gasteiger partial charge in [-0.2, -0.15) is 0 Å². The predicted octanol–water partition coefficient (Wildman–Crippen LogP) is 2.11. The van der Waals surface area contributed by atoms with Crippen molar-refractivity contribution in [2.75, 3.05) is 13.1 Å². The van der Waals surface area contributed by atoms with Crippen molar-refractivity contribution in [1.82, 2.24) is 9.87 Å². The highest BCUT2D eigenvalue weighted by atomic mass is 32.1. The SMILES string of the molecule is CCN(S)CC.FN(F)F. The third-order valence-corrected chi connectivity index (χ3v) is 1.30. The molecule has 0 aromatic heterocycles. The lowest BCUT2D eigenvalue weighted by atomic mass is 10.7. The first kappa shape index (κ1) is 12.7. The molecule has 0 heterocycles. The quantitative estimate of drug-likeness (QED) is 0.508.